The Morgan fingerprint density at radius 1 is 1.15 bits per heavy atom. The normalized spacial score (nSPS) is 10.7. The van der Waals surface area contributed by atoms with Crippen molar-refractivity contribution in [1.82, 2.24) is 9.97 Å². The molecule has 0 N–H and O–H groups in total. The van der Waals surface area contributed by atoms with Crippen LogP contribution < -0.4 is 0 Å². The molecule has 0 unspecified atom stereocenters. The largest absolute Gasteiger partial charge is 0.464 e. The summed E-state index contributed by atoms with van der Waals surface area (Å²) in [5.74, 6) is 0.216. The lowest BCUT2D eigenvalue weighted by atomic mass is 10.2. The number of esters is 1. The Hall–Kier alpha value is -2.69. The fourth-order valence-corrected chi connectivity index (χ4v) is 1.98. The summed E-state index contributed by atoms with van der Waals surface area (Å²) in [5.41, 5.74) is 1.61. The van der Waals surface area contributed by atoms with Gasteiger partial charge in [0.1, 0.15) is 11.5 Å². The van der Waals surface area contributed by atoms with Gasteiger partial charge in [0.2, 0.25) is 5.89 Å². The predicted octanol–water partition coefficient (Wildman–Crippen LogP) is 2.98. The first-order valence-corrected chi connectivity index (χ1v) is 6.11. The summed E-state index contributed by atoms with van der Waals surface area (Å²) in [5, 5.41) is 1.03. The lowest BCUT2D eigenvalue weighted by Gasteiger charge is -1.98. The first-order chi connectivity index (χ1) is 9.69. The molecule has 0 bridgehead atoms. The highest BCUT2D eigenvalue weighted by Gasteiger charge is 2.19. The Kier molecular flexibility index (Phi) is 2.95. The molecule has 5 heteroatoms. The second-order valence-electron chi connectivity index (χ2n) is 4.30. The summed E-state index contributed by atoms with van der Waals surface area (Å²) in [6, 6.07) is 11.5. The molecule has 3 aromatic rings. The van der Waals surface area contributed by atoms with Gasteiger partial charge in [0.15, 0.2) is 5.69 Å². The number of carbonyl (C=O) groups is 1. The van der Waals surface area contributed by atoms with Crippen molar-refractivity contribution in [2.24, 2.45) is 0 Å². The van der Waals surface area contributed by atoms with E-state index >= 15 is 0 Å². The summed E-state index contributed by atoms with van der Waals surface area (Å²) in [7, 11) is 1.31. The number of benzene rings is 1. The Morgan fingerprint density at radius 3 is 2.75 bits per heavy atom. The minimum atomic E-state index is -0.515. The quantitative estimate of drug-likeness (QED) is 0.668. The van der Waals surface area contributed by atoms with Crippen molar-refractivity contribution in [3.8, 4) is 11.6 Å². The third-order valence-corrected chi connectivity index (χ3v) is 2.99. The van der Waals surface area contributed by atoms with E-state index < -0.39 is 5.97 Å². The maximum atomic E-state index is 11.5. The van der Waals surface area contributed by atoms with Crippen LogP contribution in [0.1, 0.15) is 16.2 Å². The van der Waals surface area contributed by atoms with Gasteiger partial charge in [-0.25, -0.2) is 14.8 Å². The number of aryl methyl sites for hydroxylation is 1. The average Bonchev–Trinajstić information content (AvgIpc) is 2.88. The van der Waals surface area contributed by atoms with Crippen LogP contribution >= 0.6 is 0 Å². The number of carbonyl (C=O) groups excluding carboxylic acids is 1. The van der Waals surface area contributed by atoms with E-state index in [0.29, 0.717) is 17.3 Å². The van der Waals surface area contributed by atoms with Crippen LogP contribution in [0.4, 0.5) is 0 Å². The molecule has 1 aromatic carbocycles. The zero-order valence-corrected chi connectivity index (χ0v) is 11.1. The number of hydrogen-bond donors (Lipinski definition) is 0. The number of rotatable bonds is 2. The molecular formula is C15H12N2O3. The van der Waals surface area contributed by atoms with Crippen LogP contribution in [0.3, 0.4) is 0 Å². The first-order valence-electron chi connectivity index (χ1n) is 6.11. The lowest BCUT2D eigenvalue weighted by Crippen LogP contribution is -2.03. The maximum absolute atomic E-state index is 11.5. The highest BCUT2D eigenvalue weighted by Crippen LogP contribution is 2.23. The van der Waals surface area contributed by atoms with Crippen molar-refractivity contribution in [3.63, 3.8) is 0 Å². The molecule has 2 heterocycles. The maximum Gasteiger partial charge on any atom is 0.360 e. The van der Waals surface area contributed by atoms with Crippen LogP contribution in [0.2, 0.25) is 0 Å². The third kappa shape index (κ3) is 2.03. The van der Waals surface area contributed by atoms with Crippen molar-refractivity contribution < 1.29 is 13.9 Å². The molecule has 0 saturated carbocycles. The summed E-state index contributed by atoms with van der Waals surface area (Å²) in [4.78, 5) is 20.2. The zero-order valence-electron chi connectivity index (χ0n) is 11.1. The first kappa shape index (κ1) is 12.3. The smallest absolute Gasteiger partial charge is 0.360 e. The van der Waals surface area contributed by atoms with Gasteiger partial charge in [-0.05, 0) is 19.1 Å². The Bertz CT molecular complexity index is 793. The molecule has 0 amide bonds. The van der Waals surface area contributed by atoms with Crippen LogP contribution in [0, 0.1) is 6.92 Å². The van der Waals surface area contributed by atoms with Gasteiger partial charge in [-0.1, -0.05) is 24.3 Å². The molecule has 0 atom stereocenters. The number of aromatic nitrogens is 2. The monoisotopic (exact) mass is 268 g/mol. The van der Waals surface area contributed by atoms with Gasteiger partial charge in [-0.2, -0.15) is 0 Å². The van der Waals surface area contributed by atoms with Gasteiger partial charge < -0.3 is 9.15 Å². The van der Waals surface area contributed by atoms with E-state index in [2.05, 4.69) is 14.7 Å². The number of oxazole rings is 1. The predicted molar refractivity (Wildman–Crippen MR) is 73.3 cm³/mol. The summed E-state index contributed by atoms with van der Waals surface area (Å²) < 4.78 is 10.2. The van der Waals surface area contributed by atoms with E-state index in [-0.39, 0.29) is 5.69 Å². The summed E-state index contributed by atoms with van der Waals surface area (Å²) in [6.07, 6.45) is 0. The van der Waals surface area contributed by atoms with E-state index in [0.717, 1.165) is 10.9 Å². The van der Waals surface area contributed by atoms with Crippen molar-refractivity contribution in [2.45, 2.75) is 6.92 Å². The van der Waals surface area contributed by atoms with Crippen molar-refractivity contribution in [1.29, 1.82) is 0 Å². The van der Waals surface area contributed by atoms with E-state index in [1.807, 2.05) is 36.4 Å². The molecule has 0 fully saturated rings. The number of nitrogens with zero attached hydrogens (tertiary/aromatic N) is 2. The highest BCUT2D eigenvalue weighted by atomic mass is 16.5. The van der Waals surface area contributed by atoms with Gasteiger partial charge in [-0.15, -0.1) is 0 Å². The molecule has 20 heavy (non-hydrogen) atoms. The summed E-state index contributed by atoms with van der Waals surface area (Å²) in [6.45, 7) is 1.67. The molecule has 0 aliphatic rings. The minimum absolute atomic E-state index is 0.178. The van der Waals surface area contributed by atoms with Crippen molar-refractivity contribution >= 4 is 16.9 Å². The molecule has 5 nitrogen and oxygen atoms in total. The lowest BCUT2D eigenvalue weighted by molar-refractivity contribution is 0.0593. The molecule has 0 aliphatic heterocycles. The molecule has 100 valence electrons. The second kappa shape index (κ2) is 4.77. The van der Waals surface area contributed by atoms with Crippen LogP contribution in [0.25, 0.3) is 22.5 Å². The number of fused-ring (bicyclic) bond motifs is 1. The molecule has 0 spiro atoms. The van der Waals surface area contributed by atoms with E-state index in [1.54, 1.807) is 6.92 Å². The van der Waals surface area contributed by atoms with Crippen LogP contribution in [0.15, 0.2) is 40.8 Å². The van der Waals surface area contributed by atoms with Crippen molar-refractivity contribution in [3.05, 3.63) is 47.9 Å². The molecule has 0 aliphatic carbocycles. The van der Waals surface area contributed by atoms with Gasteiger partial charge in [-0.3, -0.25) is 0 Å². The van der Waals surface area contributed by atoms with Gasteiger partial charge in [0.25, 0.3) is 0 Å². The minimum Gasteiger partial charge on any atom is -0.464 e. The Labute approximate surface area is 115 Å². The van der Waals surface area contributed by atoms with Gasteiger partial charge >= 0.3 is 5.97 Å². The third-order valence-electron chi connectivity index (χ3n) is 2.99. The average molecular weight is 268 g/mol. The molecule has 2 aromatic heterocycles. The van der Waals surface area contributed by atoms with Crippen LogP contribution in [0.5, 0.6) is 0 Å². The highest BCUT2D eigenvalue weighted by molar-refractivity contribution is 5.89. The number of methoxy groups -OCH3 is 1. The molecule has 0 saturated heterocycles. The number of pyridine rings is 1. The molecule has 0 radical (unpaired) electrons. The Morgan fingerprint density at radius 2 is 1.95 bits per heavy atom. The van der Waals surface area contributed by atoms with Gasteiger partial charge in [0, 0.05) is 5.39 Å². The van der Waals surface area contributed by atoms with E-state index in [9.17, 15) is 4.79 Å². The van der Waals surface area contributed by atoms with Crippen LogP contribution in [-0.4, -0.2) is 23.0 Å². The fourth-order valence-electron chi connectivity index (χ4n) is 1.98. The number of hydrogen-bond acceptors (Lipinski definition) is 5. The second-order valence-corrected chi connectivity index (χ2v) is 4.30. The van der Waals surface area contributed by atoms with E-state index in [4.69, 9.17) is 4.42 Å². The van der Waals surface area contributed by atoms with E-state index in [1.165, 1.54) is 7.11 Å². The Balaban J connectivity index is 2.09. The SMILES string of the molecule is COC(=O)c1nc(-c2ccc3ccccc3n2)oc1C. The molecular weight excluding hydrogens is 256 g/mol. The molecule has 3 rings (SSSR count). The van der Waals surface area contributed by atoms with Crippen LogP contribution in [-0.2, 0) is 4.74 Å². The zero-order chi connectivity index (χ0) is 14.1. The number of ether oxygens (including phenoxy) is 1. The van der Waals surface area contributed by atoms with Crippen molar-refractivity contribution in [2.75, 3.05) is 7.11 Å². The standard InChI is InChI=1S/C15H12N2O3/c1-9-13(15(18)19-2)17-14(20-9)12-8-7-10-5-3-4-6-11(10)16-12/h3-8H,1-2H3. The number of para-hydroxylation sites is 1. The summed E-state index contributed by atoms with van der Waals surface area (Å²) >= 11 is 0. The van der Waals surface area contributed by atoms with Gasteiger partial charge in [0.05, 0.1) is 12.6 Å². The topological polar surface area (TPSA) is 65.2 Å². The fraction of sp³-hybridized carbons (Fsp3) is 0.133.